The molecule has 3 nitrogen and oxygen atoms in total. The number of sulfonamides is 1. The lowest BCUT2D eigenvalue weighted by molar-refractivity contribution is 0.516. The van der Waals surface area contributed by atoms with Gasteiger partial charge in [0.1, 0.15) is 11.6 Å². The van der Waals surface area contributed by atoms with Crippen LogP contribution in [0.25, 0.3) is 0 Å². The Balaban J connectivity index is 2.10. The fourth-order valence-electron chi connectivity index (χ4n) is 2.99. The molecule has 1 atom stereocenters. The van der Waals surface area contributed by atoms with E-state index in [2.05, 4.69) is 0 Å². The molecule has 0 aliphatic carbocycles. The van der Waals surface area contributed by atoms with Crippen molar-refractivity contribution in [1.29, 1.82) is 0 Å². The lowest BCUT2D eigenvalue weighted by Gasteiger charge is -2.28. The summed E-state index contributed by atoms with van der Waals surface area (Å²) >= 11 is 14.1. The van der Waals surface area contributed by atoms with E-state index in [1.807, 2.05) is 22.6 Å². The number of halogens is 5. The molecule has 9 heteroatoms. The Morgan fingerprint density at radius 3 is 2.20 bits per heavy atom. The van der Waals surface area contributed by atoms with Crippen LogP contribution in [-0.4, -0.2) is 15.0 Å². The lowest BCUT2D eigenvalue weighted by Crippen LogP contribution is -2.35. The maximum Gasteiger partial charge on any atom is 0.270 e. The van der Waals surface area contributed by atoms with Gasteiger partial charge in [-0.15, -0.1) is 0 Å². The molecule has 0 amide bonds. The van der Waals surface area contributed by atoms with Gasteiger partial charge in [0.2, 0.25) is 0 Å². The van der Waals surface area contributed by atoms with Crippen molar-refractivity contribution in [3.63, 3.8) is 0 Å². The Labute approximate surface area is 197 Å². The van der Waals surface area contributed by atoms with Gasteiger partial charge in [0.25, 0.3) is 10.0 Å². The monoisotopic (exact) mass is 581 g/mol. The molecule has 1 unspecified atom stereocenters. The number of benzene rings is 3. The standard InChI is InChI=1S/C21H16Cl2F2INO2S/c1-13(14-8-9-17(22)18(23)10-14)12-27(16-5-2-4-15(26)11-16)30(28,29)21-19(24)6-3-7-20(21)25/h2-11,13H,12H2,1H3. The summed E-state index contributed by atoms with van der Waals surface area (Å²) < 4.78 is 57.3. The van der Waals surface area contributed by atoms with Crippen LogP contribution in [0.2, 0.25) is 10.0 Å². The van der Waals surface area contributed by atoms with Crippen molar-refractivity contribution >= 4 is 61.5 Å². The van der Waals surface area contributed by atoms with E-state index < -0.39 is 26.6 Å². The summed E-state index contributed by atoms with van der Waals surface area (Å²) in [7, 11) is -4.53. The molecule has 0 N–H and O–H groups in total. The van der Waals surface area contributed by atoms with E-state index in [0.717, 1.165) is 31.6 Å². The normalized spacial score (nSPS) is 12.6. The van der Waals surface area contributed by atoms with Crippen LogP contribution in [0.3, 0.4) is 0 Å². The molecule has 0 aromatic heterocycles. The molecular weight excluding hydrogens is 566 g/mol. The van der Waals surface area contributed by atoms with E-state index in [-0.39, 0.29) is 12.5 Å². The minimum Gasteiger partial charge on any atom is -0.266 e. The summed E-state index contributed by atoms with van der Waals surface area (Å²) in [5.74, 6) is -2.64. The Hall–Kier alpha value is -1.42. The zero-order valence-electron chi connectivity index (χ0n) is 15.6. The molecule has 3 aromatic rings. The minimum atomic E-state index is -4.53. The third-order valence-electron chi connectivity index (χ3n) is 4.52. The van der Waals surface area contributed by atoms with Gasteiger partial charge in [-0.05, 0) is 76.5 Å². The van der Waals surface area contributed by atoms with Crippen LogP contribution in [0.15, 0.2) is 65.6 Å². The minimum absolute atomic E-state index is 0.0613. The fraction of sp³-hybridized carbons (Fsp3) is 0.143. The van der Waals surface area contributed by atoms with Crippen LogP contribution in [0.4, 0.5) is 14.5 Å². The van der Waals surface area contributed by atoms with Gasteiger partial charge >= 0.3 is 0 Å². The SMILES string of the molecule is CC(CN(c1cccc(I)c1)S(=O)(=O)c1c(F)cccc1F)c1ccc(Cl)c(Cl)c1. The highest BCUT2D eigenvalue weighted by Crippen LogP contribution is 2.32. The summed E-state index contributed by atoms with van der Waals surface area (Å²) in [6.45, 7) is 1.74. The van der Waals surface area contributed by atoms with E-state index in [0.29, 0.717) is 15.7 Å². The second kappa shape index (κ2) is 9.38. The molecule has 0 aliphatic heterocycles. The van der Waals surface area contributed by atoms with Crippen molar-refractivity contribution in [1.82, 2.24) is 0 Å². The van der Waals surface area contributed by atoms with Gasteiger partial charge in [-0.25, -0.2) is 17.2 Å². The van der Waals surface area contributed by atoms with Gasteiger partial charge < -0.3 is 0 Å². The van der Waals surface area contributed by atoms with Gasteiger partial charge in [-0.3, -0.25) is 4.31 Å². The number of rotatable bonds is 6. The predicted molar refractivity (Wildman–Crippen MR) is 125 cm³/mol. The molecule has 3 rings (SSSR count). The first-order valence-electron chi connectivity index (χ1n) is 8.78. The molecule has 0 spiro atoms. The van der Waals surface area contributed by atoms with Gasteiger partial charge in [-0.1, -0.05) is 48.3 Å². The molecule has 0 bridgehead atoms. The molecule has 0 aliphatic rings. The summed E-state index contributed by atoms with van der Waals surface area (Å²) in [6.07, 6.45) is 0. The van der Waals surface area contributed by atoms with Crippen LogP contribution in [-0.2, 0) is 10.0 Å². The third kappa shape index (κ3) is 4.90. The van der Waals surface area contributed by atoms with Crippen molar-refractivity contribution < 1.29 is 17.2 Å². The average Bonchev–Trinajstić information content (AvgIpc) is 2.67. The highest BCUT2D eigenvalue weighted by Gasteiger charge is 2.32. The lowest BCUT2D eigenvalue weighted by atomic mass is 10.0. The van der Waals surface area contributed by atoms with Crippen molar-refractivity contribution in [2.45, 2.75) is 17.7 Å². The molecule has 0 fully saturated rings. The van der Waals surface area contributed by atoms with Crippen molar-refractivity contribution in [2.75, 3.05) is 10.8 Å². The van der Waals surface area contributed by atoms with Crippen LogP contribution < -0.4 is 4.31 Å². The number of hydrogen-bond donors (Lipinski definition) is 0. The smallest absolute Gasteiger partial charge is 0.266 e. The molecule has 0 saturated heterocycles. The molecule has 3 aromatic carbocycles. The average molecular weight is 582 g/mol. The van der Waals surface area contributed by atoms with Gasteiger partial charge in [0, 0.05) is 10.1 Å². The van der Waals surface area contributed by atoms with Crippen LogP contribution in [0.1, 0.15) is 18.4 Å². The zero-order valence-corrected chi connectivity index (χ0v) is 20.1. The summed E-state index contributed by atoms with van der Waals surface area (Å²) in [5.41, 5.74) is 1.04. The topological polar surface area (TPSA) is 37.4 Å². The summed E-state index contributed by atoms with van der Waals surface area (Å²) in [5, 5.41) is 0.716. The van der Waals surface area contributed by atoms with Gasteiger partial charge in [0.15, 0.2) is 4.90 Å². The van der Waals surface area contributed by atoms with Gasteiger partial charge in [-0.2, -0.15) is 0 Å². The maximum atomic E-state index is 14.4. The first kappa shape index (κ1) is 23.2. The van der Waals surface area contributed by atoms with Gasteiger partial charge in [0.05, 0.1) is 15.7 Å². The quantitative estimate of drug-likeness (QED) is 0.298. The third-order valence-corrected chi connectivity index (χ3v) is 7.77. The van der Waals surface area contributed by atoms with E-state index >= 15 is 0 Å². The molecule has 0 saturated carbocycles. The second-order valence-corrected chi connectivity index (χ2v) is 10.5. The van der Waals surface area contributed by atoms with E-state index in [9.17, 15) is 17.2 Å². The molecule has 0 radical (unpaired) electrons. The van der Waals surface area contributed by atoms with E-state index in [1.165, 1.54) is 0 Å². The molecular formula is C21H16Cl2F2INO2S. The maximum absolute atomic E-state index is 14.4. The largest absolute Gasteiger partial charge is 0.270 e. The summed E-state index contributed by atoms with van der Waals surface area (Å²) in [4.78, 5) is -0.981. The number of anilines is 1. The Kier molecular flexibility index (Phi) is 7.27. The predicted octanol–water partition coefficient (Wildman–Crippen LogP) is 6.88. The molecule has 158 valence electrons. The Bertz CT molecular complexity index is 1170. The zero-order chi connectivity index (χ0) is 22.1. The first-order chi connectivity index (χ1) is 14.1. The van der Waals surface area contributed by atoms with E-state index in [4.69, 9.17) is 23.2 Å². The molecule has 0 heterocycles. The van der Waals surface area contributed by atoms with Crippen molar-refractivity contribution in [2.24, 2.45) is 0 Å². The fourth-order valence-corrected chi connectivity index (χ4v) is 5.48. The second-order valence-electron chi connectivity index (χ2n) is 6.64. The van der Waals surface area contributed by atoms with Crippen LogP contribution in [0, 0.1) is 15.2 Å². The Morgan fingerprint density at radius 2 is 1.60 bits per heavy atom. The highest BCUT2D eigenvalue weighted by atomic mass is 127. The van der Waals surface area contributed by atoms with Crippen LogP contribution >= 0.6 is 45.8 Å². The Morgan fingerprint density at radius 1 is 0.967 bits per heavy atom. The highest BCUT2D eigenvalue weighted by molar-refractivity contribution is 14.1. The summed E-state index contributed by atoms with van der Waals surface area (Å²) in [6, 6.07) is 14.7. The molecule has 30 heavy (non-hydrogen) atoms. The van der Waals surface area contributed by atoms with E-state index in [1.54, 1.807) is 49.4 Å². The van der Waals surface area contributed by atoms with Crippen molar-refractivity contribution in [3.8, 4) is 0 Å². The van der Waals surface area contributed by atoms with Crippen molar-refractivity contribution in [3.05, 3.63) is 91.5 Å². The number of nitrogens with zero attached hydrogens (tertiary/aromatic N) is 1. The first-order valence-corrected chi connectivity index (χ1v) is 12.1. The number of hydrogen-bond acceptors (Lipinski definition) is 2. The van der Waals surface area contributed by atoms with Crippen LogP contribution in [0.5, 0.6) is 0 Å².